The van der Waals surface area contributed by atoms with Crippen LogP contribution in [-0.4, -0.2) is 18.2 Å². The summed E-state index contributed by atoms with van der Waals surface area (Å²) < 4.78 is 13.4. The first kappa shape index (κ1) is 15.4. The van der Waals surface area contributed by atoms with Gasteiger partial charge in [-0.1, -0.05) is 31.5 Å². The second-order valence-corrected chi connectivity index (χ2v) is 4.85. The third kappa shape index (κ3) is 4.83. The highest BCUT2D eigenvalue weighted by Crippen LogP contribution is 2.15. The van der Waals surface area contributed by atoms with E-state index in [4.69, 9.17) is 11.6 Å². The largest absolute Gasteiger partial charge is 0.343 e. The zero-order valence-electron chi connectivity index (χ0n) is 10.7. The zero-order chi connectivity index (χ0) is 14.4. The summed E-state index contributed by atoms with van der Waals surface area (Å²) in [5.74, 6) is -0.949. The molecule has 0 saturated heterocycles. The van der Waals surface area contributed by atoms with Crippen LogP contribution in [0.5, 0.6) is 0 Å². The zero-order valence-corrected chi connectivity index (χ0v) is 11.4. The molecule has 0 radical (unpaired) electrons. The van der Waals surface area contributed by atoms with Gasteiger partial charge in [0.2, 0.25) is 5.91 Å². The summed E-state index contributed by atoms with van der Waals surface area (Å²) >= 11 is 5.62. The minimum atomic E-state index is -0.549. The Balaban J connectivity index is 2.70. The molecule has 1 atom stereocenters. The fourth-order valence-electron chi connectivity index (χ4n) is 1.37. The lowest BCUT2D eigenvalue weighted by atomic mass is 10.1. The standard InChI is InChI=1S/C14H15ClFNO2/c1-9(2)13(8-18)17-14(19)6-4-10-3-5-11(15)7-12(10)16/h3-9,13H,1-2H3,(H,17,19)/b6-4+. The van der Waals surface area contributed by atoms with Crippen molar-refractivity contribution in [2.24, 2.45) is 5.92 Å². The van der Waals surface area contributed by atoms with Crippen molar-refractivity contribution in [2.75, 3.05) is 0 Å². The molecule has 0 aliphatic rings. The number of nitrogens with one attached hydrogen (secondary N) is 1. The van der Waals surface area contributed by atoms with Crippen LogP contribution in [0.15, 0.2) is 24.3 Å². The number of amides is 1. The van der Waals surface area contributed by atoms with Crippen LogP contribution >= 0.6 is 11.6 Å². The Hall–Kier alpha value is -1.68. The van der Waals surface area contributed by atoms with E-state index in [2.05, 4.69) is 5.32 Å². The van der Waals surface area contributed by atoms with Crippen molar-refractivity contribution in [3.63, 3.8) is 0 Å². The van der Waals surface area contributed by atoms with E-state index in [0.29, 0.717) is 11.3 Å². The average molecular weight is 284 g/mol. The summed E-state index contributed by atoms with van der Waals surface area (Å²) in [4.78, 5) is 22.3. The summed E-state index contributed by atoms with van der Waals surface area (Å²) in [6.07, 6.45) is 3.20. The van der Waals surface area contributed by atoms with E-state index in [9.17, 15) is 14.0 Å². The predicted octanol–water partition coefficient (Wildman–Crippen LogP) is 2.83. The minimum Gasteiger partial charge on any atom is -0.343 e. The van der Waals surface area contributed by atoms with Gasteiger partial charge in [0, 0.05) is 16.7 Å². The number of carbonyl (C=O) groups is 2. The first-order chi connectivity index (χ1) is 8.93. The number of carbonyl (C=O) groups excluding carboxylic acids is 2. The van der Waals surface area contributed by atoms with Gasteiger partial charge in [-0.2, -0.15) is 0 Å². The Morgan fingerprint density at radius 3 is 2.63 bits per heavy atom. The third-order valence-electron chi connectivity index (χ3n) is 2.55. The van der Waals surface area contributed by atoms with Crippen LogP contribution in [0, 0.1) is 11.7 Å². The normalized spacial score (nSPS) is 12.7. The summed E-state index contributed by atoms with van der Waals surface area (Å²) in [6, 6.07) is 3.62. The van der Waals surface area contributed by atoms with Gasteiger partial charge in [0.1, 0.15) is 12.1 Å². The van der Waals surface area contributed by atoms with Crippen LogP contribution in [0.4, 0.5) is 4.39 Å². The molecule has 1 amide bonds. The van der Waals surface area contributed by atoms with E-state index in [1.807, 2.05) is 13.8 Å². The summed E-state index contributed by atoms with van der Waals surface area (Å²) in [5.41, 5.74) is 0.256. The van der Waals surface area contributed by atoms with Gasteiger partial charge in [-0.15, -0.1) is 0 Å². The van der Waals surface area contributed by atoms with Crippen LogP contribution in [-0.2, 0) is 9.59 Å². The molecule has 0 fully saturated rings. The summed E-state index contributed by atoms with van der Waals surface area (Å²) in [7, 11) is 0. The van der Waals surface area contributed by atoms with Crippen molar-refractivity contribution in [1.82, 2.24) is 5.32 Å². The molecular weight excluding hydrogens is 269 g/mol. The van der Waals surface area contributed by atoms with Crippen LogP contribution in [0.25, 0.3) is 6.08 Å². The molecule has 102 valence electrons. The van der Waals surface area contributed by atoms with Crippen molar-refractivity contribution < 1.29 is 14.0 Å². The van der Waals surface area contributed by atoms with Gasteiger partial charge >= 0.3 is 0 Å². The molecule has 0 aromatic heterocycles. The molecule has 1 rings (SSSR count). The average Bonchev–Trinajstić information content (AvgIpc) is 2.34. The smallest absolute Gasteiger partial charge is 0.244 e. The van der Waals surface area contributed by atoms with E-state index in [-0.39, 0.29) is 11.5 Å². The first-order valence-electron chi connectivity index (χ1n) is 5.83. The second kappa shape index (κ2) is 7.04. The Labute approximate surface area is 116 Å². The number of aldehydes is 1. The SMILES string of the molecule is CC(C)C(C=O)NC(=O)/C=C/c1ccc(Cl)cc1F. The highest BCUT2D eigenvalue weighted by atomic mass is 35.5. The van der Waals surface area contributed by atoms with E-state index in [1.165, 1.54) is 30.4 Å². The van der Waals surface area contributed by atoms with E-state index in [0.717, 1.165) is 0 Å². The maximum atomic E-state index is 13.4. The molecule has 0 spiro atoms. The predicted molar refractivity (Wildman–Crippen MR) is 73.3 cm³/mol. The lowest BCUT2D eigenvalue weighted by molar-refractivity contribution is -0.120. The molecule has 0 saturated carbocycles. The number of rotatable bonds is 5. The molecule has 5 heteroatoms. The van der Waals surface area contributed by atoms with Crippen LogP contribution in [0.1, 0.15) is 19.4 Å². The Morgan fingerprint density at radius 2 is 2.11 bits per heavy atom. The molecule has 19 heavy (non-hydrogen) atoms. The summed E-state index contributed by atoms with van der Waals surface area (Å²) in [5, 5.41) is 2.82. The highest BCUT2D eigenvalue weighted by molar-refractivity contribution is 6.30. The van der Waals surface area contributed by atoms with Gasteiger partial charge in [0.25, 0.3) is 0 Å². The molecule has 0 aliphatic heterocycles. The van der Waals surface area contributed by atoms with Crippen molar-refractivity contribution in [3.8, 4) is 0 Å². The molecule has 1 aromatic carbocycles. The maximum absolute atomic E-state index is 13.4. The highest BCUT2D eigenvalue weighted by Gasteiger charge is 2.13. The molecule has 0 bridgehead atoms. The quantitative estimate of drug-likeness (QED) is 0.667. The molecule has 0 aliphatic carbocycles. The number of benzene rings is 1. The van der Waals surface area contributed by atoms with E-state index >= 15 is 0 Å². The molecule has 1 N–H and O–H groups in total. The van der Waals surface area contributed by atoms with E-state index in [1.54, 1.807) is 0 Å². The van der Waals surface area contributed by atoms with Crippen LogP contribution in [0.2, 0.25) is 5.02 Å². The van der Waals surface area contributed by atoms with E-state index < -0.39 is 17.8 Å². The van der Waals surface area contributed by atoms with Gasteiger partial charge < -0.3 is 10.1 Å². The Morgan fingerprint density at radius 1 is 1.42 bits per heavy atom. The number of hydrogen-bond donors (Lipinski definition) is 1. The topological polar surface area (TPSA) is 46.2 Å². The van der Waals surface area contributed by atoms with Crippen molar-refractivity contribution in [2.45, 2.75) is 19.9 Å². The Bertz CT molecular complexity index is 500. The first-order valence-corrected chi connectivity index (χ1v) is 6.20. The monoisotopic (exact) mass is 283 g/mol. The number of hydrogen-bond acceptors (Lipinski definition) is 2. The molecule has 1 unspecified atom stereocenters. The molecular formula is C14H15ClFNO2. The molecule has 0 heterocycles. The maximum Gasteiger partial charge on any atom is 0.244 e. The van der Waals surface area contributed by atoms with Gasteiger partial charge in [-0.25, -0.2) is 4.39 Å². The lowest BCUT2D eigenvalue weighted by Crippen LogP contribution is -2.38. The molecule has 1 aromatic rings. The minimum absolute atomic E-state index is 0.00196. The second-order valence-electron chi connectivity index (χ2n) is 4.41. The number of halogens is 2. The van der Waals surface area contributed by atoms with Gasteiger partial charge in [0.05, 0.1) is 6.04 Å². The van der Waals surface area contributed by atoms with Crippen LogP contribution < -0.4 is 5.32 Å². The van der Waals surface area contributed by atoms with Crippen LogP contribution in [0.3, 0.4) is 0 Å². The van der Waals surface area contributed by atoms with Crippen molar-refractivity contribution >= 4 is 29.9 Å². The summed E-state index contributed by atoms with van der Waals surface area (Å²) in [6.45, 7) is 3.64. The third-order valence-corrected chi connectivity index (χ3v) is 2.79. The Kier molecular flexibility index (Phi) is 5.70. The lowest BCUT2D eigenvalue weighted by Gasteiger charge is -2.14. The van der Waals surface area contributed by atoms with Crippen molar-refractivity contribution in [1.29, 1.82) is 0 Å². The fourth-order valence-corrected chi connectivity index (χ4v) is 1.53. The molecule has 3 nitrogen and oxygen atoms in total. The van der Waals surface area contributed by atoms with Gasteiger partial charge in [-0.3, -0.25) is 4.79 Å². The van der Waals surface area contributed by atoms with Crippen molar-refractivity contribution in [3.05, 3.63) is 40.7 Å². The van der Waals surface area contributed by atoms with Gasteiger partial charge in [0.15, 0.2) is 0 Å². The fraction of sp³-hybridized carbons (Fsp3) is 0.286. The van der Waals surface area contributed by atoms with Gasteiger partial charge in [-0.05, 0) is 24.1 Å².